The summed E-state index contributed by atoms with van der Waals surface area (Å²) in [5, 5.41) is 31.2. The molecule has 28 heavy (non-hydrogen) atoms. The normalized spacial score (nSPS) is 26.9. The summed E-state index contributed by atoms with van der Waals surface area (Å²) in [5.74, 6) is 0.191. The third-order valence-corrected chi connectivity index (χ3v) is 6.95. The molecule has 0 heterocycles. The van der Waals surface area contributed by atoms with E-state index in [2.05, 4.69) is 13.8 Å². The number of rotatable bonds is 6. The second kappa shape index (κ2) is 8.48. The summed E-state index contributed by atoms with van der Waals surface area (Å²) in [6.45, 7) is 9.61. The van der Waals surface area contributed by atoms with Crippen LogP contribution < -0.4 is 0 Å². The highest BCUT2D eigenvalue weighted by molar-refractivity contribution is 5.83. The first kappa shape index (κ1) is 22.2. The fourth-order valence-electron chi connectivity index (χ4n) is 4.24. The number of allylic oxidation sites excluding steroid dienone is 1. The lowest BCUT2D eigenvalue weighted by Crippen LogP contribution is -2.43. The van der Waals surface area contributed by atoms with Crippen LogP contribution in [0.25, 0.3) is 0 Å². The van der Waals surface area contributed by atoms with Crippen LogP contribution in [0.1, 0.15) is 68.4 Å². The minimum atomic E-state index is -0.721. The number of ketones is 1. The van der Waals surface area contributed by atoms with Crippen molar-refractivity contribution in [3.8, 4) is 11.5 Å². The molecule has 1 aliphatic rings. The number of hydrogen-bond donors (Lipinski definition) is 3. The Balaban J connectivity index is 2.20. The van der Waals surface area contributed by atoms with E-state index in [-0.39, 0.29) is 46.2 Å². The van der Waals surface area contributed by atoms with Gasteiger partial charge in [0.05, 0.1) is 11.7 Å². The van der Waals surface area contributed by atoms with Gasteiger partial charge in [-0.25, -0.2) is 0 Å². The molecule has 1 aliphatic carbocycles. The average Bonchev–Trinajstić information content (AvgIpc) is 2.63. The monoisotopic (exact) mass is 388 g/mol. The predicted octanol–water partition coefficient (Wildman–Crippen LogP) is 4.10. The fourth-order valence-corrected chi connectivity index (χ4v) is 4.24. The van der Waals surface area contributed by atoms with Crippen LogP contribution in [0.4, 0.5) is 0 Å². The van der Waals surface area contributed by atoms with Crippen molar-refractivity contribution in [1.29, 1.82) is 0 Å². The maximum absolute atomic E-state index is 12.2. The number of phenolic OH excluding ortho intramolecular Hbond substituents is 2. The summed E-state index contributed by atoms with van der Waals surface area (Å²) >= 11 is 0. The predicted molar refractivity (Wildman–Crippen MR) is 109 cm³/mol. The Hall–Kier alpha value is -2.14. The largest absolute Gasteiger partial charge is 0.508 e. The van der Waals surface area contributed by atoms with Gasteiger partial charge in [0, 0.05) is 17.9 Å². The van der Waals surface area contributed by atoms with E-state index in [0.717, 1.165) is 6.42 Å². The quantitative estimate of drug-likeness (QED) is 0.504. The summed E-state index contributed by atoms with van der Waals surface area (Å²) in [6, 6.07) is 1.45. The van der Waals surface area contributed by atoms with Gasteiger partial charge in [0.15, 0.2) is 6.29 Å². The van der Waals surface area contributed by atoms with E-state index in [1.165, 1.54) is 6.07 Å². The molecule has 154 valence electrons. The van der Waals surface area contributed by atoms with E-state index < -0.39 is 6.10 Å². The van der Waals surface area contributed by atoms with Gasteiger partial charge in [0.25, 0.3) is 0 Å². The number of carbonyl (C=O) groups is 2. The lowest BCUT2D eigenvalue weighted by atomic mass is 9.59. The number of aromatic hydroxyl groups is 2. The molecule has 0 aliphatic heterocycles. The van der Waals surface area contributed by atoms with Crippen molar-refractivity contribution in [2.45, 2.75) is 66.4 Å². The van der Waals surface area contributed by atoms with Crippen molar-refractivity contribution in [2.24, 2.45) is 17.3 Å². The molecule has 3 N–H and O–H groups in total. The Kier molecular flexibility index (Phi) is 6.71. The number of carbonyl (C=O) groups excluding carboxylic acids is 2. The number of phenols is 2. The van der Waals surface area contributed by atoms with Crippen molar-refractivity contribution in [3.63, 3.8) is 0 Å². The first-order chi connectivity index (χ1) is 13.0. The Morgan fingerprint density at radius 3 is 2.61 bits per heavy atom. The SMILES string of the molecule is CC(=CCc1c(O)cc(C)c(C=O)c1O)[C@H](O)C[C@@]1(C)[C@H](C)CCC(=O)[C@@H]1C. The molecule has 1 saturated carbocycles. The van der Waals surface area contributed by atoms with E-state index >= 15 is 0 Å². The smallest absolute Gasteiger partial charge is 0.154 e. The van der Waals surface area contributed by atoms with Crippen molar-refractivity contribution in [2.75, 3.05) is 0 Å². The highest BCUT2D eigenvalue weighted by Gasteiger charge is 2.44. The lowest BCUT2D eigenvalue weighted by molar-refractivity contribution is -0.133. The van der Waals surface area contributed by atoms with Gasteiger partial charge in [-0.2, -0.15) is 0 Å². The molecule has 0 bridgehead atoms. The van der Waals surface area contributed by atoms with Crippen molar-refractivity contribution in [3.05, 3.63) is 34.4 Å². The number of aldehydes is 1. The summed E-state index contributed by atoms with van der Waals surface area (Å²) in [5.41, 5.74) is 1.37. The van der Waals surface area contributed by atoms with E-state index in [0.29, 0.717) is 36.2 Å². The highest BCUT2D eigenvalue weighted by atomic mass is 16.3. The van der Waals surface area contributed by atoms with Crippen LogP contribution in [0, 0.1) is 24.2 Å². The Morgan fingerprint density at radius 1 is 1.36 bits per heavy atom. The molecule has 2 rings (SSSR count). The van der Waals surface area contributed by atoms with E-state index in [1.807, 2.05) is 6.92 Å². The molecule has 0 unspecified atom stereocenters. The minimum Gasteiger partial charge on any atom is -0.508 e. The molecular weight excluding hydrogens is 356 g/mol. The number of aliphatic hydroxyl groups is 1. The lowest BCUT2D eigenvalue weighted by Gasteiger charge is -2.45. The Morgan fingerprint density at radius 2 is 2.00 bits per heavy atom. The molecule has 0 amide bonds. The first-order valence-corrected chi connectivity index (χ1v) is 9.89. The third kappa shape index (κ3) is 4.14. The number of aryl methyl sites for hydroxylation is 1. The average molecular weight is 389 g/mol. The van der Waals surface area contributed by atoms with Gasteiger partial charge in [-0.15, -0.1) is 0 Å². The van der Waals surface area contributed by atoms with Gasteiger partial charge in [-0.3, -0.25) is 9.59 Å². The number of hydrogen-bond acceptors (Lipinski definition) is 5. The zero-order valence-corrected chi connectivity index (χ0v) is 17.5. The van der Waals surface area contributed by atoms with Crippen LogP contribution in [0.5, 0.6) is 11.5 Å². The fraction of sp³-hybridized carbons (Fsp3) is 0.565. The van der Waals surface area contributed by atoms with Gasteiger partial charge < -0.3 is 15.3 Å². The van der Waals surface area contributed by atoms with E-state index in [4.69, 9.17) is 0 Å². The third-order valence-electron chi connectivity index (χ3n) is 6.95. The van der Waals surface area contributed by atoms with Crippen molar-refractivity contribution < 1.29 is 24.9 Å². The summed E-state index contributed by atoms with van der Waals surface area (Å²) in [6.07, 6.45) is 3.73. The molecule has 0 aromatic heterocycles. The minimum absolute atomic E-state index is 0.0776. The van der Waals surface area contributed by atoms with Crippen molar-refractivity contribution in [1.82, 2.24) is 0 Å². The van der Waals surface area contributed by atoms with Gasteiger partial charge in [-0.1, -0.05) is 26.8 Å². The van der Waals surface area contributed by atoms with Crippen LogP contribution in [0.2, 0.25) is 0 Å². The topological polar surface area (TPSA) is 94.8 Å². The molecule has 1 aromatic rings. The van der Waals surface area contributed by atoms with Crippen molar-refractivity contribution >= 4 is 12.1 Å². The summed E-state index contributed by atoms with van der Waals surface area (Å²) in [4.78, 5) is 23.4. The van der Waals surface area contributed by atoms with Gasteiger partial charge >= 0.3 is 0 Å². The van der Waals surface area contributed by atoms with Gasteiger partial charge in [0.2, 0.25) is 0 Å². The van der Waals surface area contributed by atoms with Crippen LogP contribution in [-0.4, -0.2) is 33.5 Å². The zero-order valence-electron chi connectivity index (χ0n) is 17.5. The maximum Gasteiger partial charge on any atom is 0.154 e. The molecule has 0 radical (unpaired) electrons. The molecular formula is C23H32O5. The zero-order chi connectivity index (χ0) is 21.2. The number of Topliss-reactive ketones (excluding diaryl/α,β-unsaturated/α-hetero) is 1. The number of benzene rings is 1. The Bertz CT molecular complexity index is 795. The summed E-state index contributed by atoms with van der Waals surface area (Å²) in [7, 11) is 0. The summed E-state index contributed by atoms with van der Waals surface area (Å²) < 4.78 is 0. The molecule has 0 saturated heterocycles. The van der Waals surface area contributed by atoms with E-state index in [9.17, 15) is 24.9 Å². The first-order valence-electron chi connectivity index (χ1n) is 9.89. The standard InChI is InChI=1S/C23H32O5/c1-13(6-8-17-20(26)10-14(2)18(12-24)22(17)28)21(27)11-23(5)15(3)7-9-19(25)16(23)4/h6,10,12,15-16,21,26-28H,7-9,11H2,1-5H3/t15-,16+,21-,23+/m1/s1. The second-order valence-corrected chi connectivity index (χ2v) is 8.58. The molecule has 5 nitrogen and oxygen atoms in total. The van der Waals surface area contributed by atoms with Gasteiger partial charge in [0.1, 0.15) is 17.3 Å². The number of aliphatic hydroxyl groups excluding tert-OH is 1. The maximum atomic E-state index is 12.2. The van der Waals surface area contributed by atoms with Crippen LogP contribution in [0.15, 0.2) is 17.7 Å². The highest BCUT2D eigenvalue weighted by Crippen LogP contribution is 2.47. The molecule has 0 spiro atoms. The molecule has 1 fully saturated rings. The van der Waals surface area contributed by atoms with E-state index in [1.54, 1.807) is 19.9 Å². The van der Waals surface area contributed by atoms with Crippen LogP contribution in [0.3, 0.4) is 0 Å². The molecule has 4 atom stereocenters. The molecule has 5 heteroatoms. The van der Waals surface area contributed by atoms with Crippen LogP contribution in [-0.2, 0) is 11.2 Å². The van der Waals surface area contributed by atoms with Gasteiger partial charge in [-0.05, 0) is 61.6 Å². The van der Waals surface area contributed by atoms with Crippen LogP contribution >= 0.6 is 0 Å². The Labute approximate surface area is 167 Å². The second-order valence-electron chi connectivity index (χ2n) is 8.58. The molecule has 1 aromatic carbocycles.